The maximum absolute atomic E-state index is 11.8. The van der Waals surface area contributed by atoms with Crippen LogP contribution in [-0.2, 0) is 9.84 Å². The normalized spacial score (nSPS) is 17.0. The second-order valence-corrected chi connectivity index (χ2v) is 10.4. The number of nitrogens with zero attached hydrogens (tertiary/aromatic N) is 3. The van der Waals surface area contributed by atoms with Gasteiger partial charge in [-0.15, -0.1) is 0 Å². The number of aromatic nitrogens is 3. The number of likely N-dealkylation sites (tertiary alicyclic amines) is 1. The first-order valence-corrected chi connectivity index (χ1v) is 13.0. The largest absolute Gasteiger partial charge is 0.457 e. The first kappa shape index (κ1) is 21.6. The van der Waals surface area contributed by atoms with E-state index in [4.69, 9.17) is 9.72 Å². The highest BCUT2D eigenvalue weighted by atomic mass is 32.2. The van der Waals surface area contributed by atoms with E-state index in [2.05, 4.69) is 27.9 Å². The van der Waals surface area contributed by atoms with Crippen molar-refractivity contribution in [2.45, 2.75) is 30.7 Å². The van der Waals surface area contributed by atoms with Gasteiger partial charge in [0.2, 0.25) is 0 Å². The zero-order chi connectivity index (χ0) is 23.0. The van der Waals surface area contributed by atoms with Crippen LogP contribution in [0.4, 0.5) is 0 Å². The molecule has 4 aromatic rings. The number of ether oxygens (including phenoxy) is 1. The molecule has 0 aliphatic carbocycles. The summed E-state index contributed by atoms with van der Waals surface area (Å²) in [5.41, 5.74) is 3.62. The van der Waals surface area contributed by atoms with Crippen molar-refractivity contribution in [3.8, 4) is 23.0 Å². The second-order valence-electron chi connectivity index (χ2n) is 8.34. The predicted octanol–water partition coefficient (Wildman–Crippen LogP) is 4.98. The summed E-state index contributed by atoms with van der Waals surface area (Å²) in [6.45, 7) is 4.20. The van der Waals surface area contributed by atoms with Gasteiger partial charge >= 0.3 is 0 Å². The van der Waals surface area contributed by atoms with Gasteiger partial charge in [-0.05, 0) is 68.4 Å². The van der Waals surface area contributed by atoms with Crippen LogP contribution in [0.3, 0.4) is 0 Å². The van der Waals surface area contributed by atoms with Gasteiger partial charge in [0.25, 0.3) is 0 Å². The minimum Gasteiger partial charge on any atom is -0.457 e. The molecule has 1 aliphatic rings. The van der Waals surface area contributed by atoms with E-state index in [-0.39, 0.29) is 10.9 Å². The van der Waals surface area contributed by atoms with Gasteiger partial charge in [0, 0.05) is 30.1 Å². The van der Waals surface area contributed by atoms with Crippen molar-refractivity contribution in [1.82, 2.24) is 19.9 Å². The van der Waals surface area contributed by atoms with Gasteiger partial charge in [0.05, 0.1) is 15.9 Å². The monoisotopic (exact) mass is 462 g/mol. The lowest BCUT2D eigenvalue weighted by Crippen LogP contribution is -2.23. The first-order chi connectivity index (χ1) is 15.9. The maximum Gasteiger partial charge on any atom is 0.175 e. The molecule has 5 rings (SSSR count). The molecule has 0 bridgehead atoms. The Morgan fingerprint density at radius 3 is 2.67 bits per heavy atom. The van der Waals surface area contributed by atoms with Crippen LogP contribution in [0.5, 0.6) is 11.5 Å². The van der Waals surface area contributed by atoms with Crippen molar-refractivity contribution in [1.29, 1.82) is 0 Å². The van der Waals surface area contributed by atoms with E-state index >= 15 is 0 Å². The molecule has 3 heterocycles. The minimum absolute atomic E-state index is 0.256. The number of hydrogen-bond acceptors (Lipinski definition) is 6. The Morgan fingerprint density at radius 1 is 1.15 bits per heavy atom. The van der Waals surface area contributed by atoms with Gasteiger partial charge < -0.3 is 9.72 Å². The lowest BCUT2D eigenvalue weighted by Gasteiger charge is -2.25. The highest BCUT2D eigenvalue weighted by Crippen LogP contribution is 2.40. The van der Waals surface area contributed by atoms with Gasteiger partial charge in [-0.3, -0.25) is 9.88 Å². The number of sulfone groups is 1. The molecular weight excluding hydrogens is 436 g/mol. The molecule has 0 radical (unpaired) electrons. The molecule has 1 atom stereocenters. The molecule has 7 nitrogen and oxygen atoms in total. The SMILES string of the molecule is CCN1CCCC1c1cc2[nH]c(-c3ccccn3)nc2cc1Oc1ccc(S(C)(=O)=O)cc1. The molecule has 2 aromatic heterocycles. The number of rotatable bonds is 6. The lowest BCUT2D eigenvalue weighted by molar-refractivity contribution is 0.267. The molecule has 0 spiro atoms. The molecule has 1 saturated heterocycles. The van der Waals surface area contributed by atoms with Crippen LogP contribution < -0.4 is 4.74 Å². The molecule has 8 heteroatoms. The van der Waals surface area contributed by atoms with Crippen molar-refractivity contribution in [3.63, 3.8) is 0 Å². The van der Waals surface area contributed by atoms with Gasteiger partial charge in [-0.2, -0.15) is 0 Å². The molecule has 2 aromatic carbocycles. The first-order valence-electron chi connectivity index (χ1n) is 11.1. The molecule has 1 aliphatic heterocycles. The van der Waals surface area contributed by atoms with Crippen LogP contribution in [-0.4, -0.2) is 47.6 Å². The van der Waals surface area contributed by atoms with E-state index in [0.29, 0.717) is 11.6 Å². The van der Waals surface area contributed by atoms with Gasteiger partial charge in [-0.25, -0.2) is 13.4 Å². The predicted molar refractivity (Wildman–Crippen MR) is 128 cm³/mol. The average Bonchev–Trinajstić information content (AvgIpc) is 3.45. The van der Waals surface area contributed by atoms with Crippen LogP contribution in [0.1, 0.15) is 31.4 Å². The van der Waals surface area contributed by atoms with Crippen molar-refractivity contribution in [2.75, 3.05) is 19.3 Å². The Kier molecular flexibility index (Phi) is 5.64. The molecule has 1 unspecified atom stereocenters. The summed E-state index contributed by atoms with van der Waals surface area (Å²) in [6, 6.07) is 16.6. The summed E-state index contributed by atoms with van der Waals surface area (Å²) < 4.78 is 29.9. The number of imidazole rings is 1. The molecule has 170 valence electrons. The molecule has 33 heavy (non-hydrogen) atoms. The van der Waals surface area contributed by atoms with Crippen LogP contribution in [0.15, 0.2) is 65.7 Å². The summed E-state index contributed by atoms with van der Waals surface area (Å²) in [5.74, 6) is 2.04. The van der Waals surface area contributed by atoms with Crippen molar-refractivity contribution >= 4 is 20.9 Å². The van der Waals surface area contributed by atoms with Gasteiger partial charge in [0.15, 0.2) is 15.7 Å². The quantitative estimate of drug-likeness (QED) is 0.435. The molecule has 0 saturated carbocycles. The van der Waals surface area contributed by atoms with E-state index in [1.54, 1.807) is 30.5 Å². The summed E-state index contributed by atoms with van der Waals surface area (Å²) in [6.07, 6.45) is 5.15. The fourth-order valence-electron chi connectivity index (χ4n) is 4.47. The zero-order valence-corrected chi connectivity index (χ0v) is 19.5. The topological polar surface area (TPSA) is 88.2 Å². The van der Waals surface area contributed by atoms with Crippen LogP contribution >= 0.6 is 0 Å². The smallest absolute Gasteiger partial charge is 0.175 e. The van der Waals surface area contributed by atoms with Crippen molar-refractivity contribution < 1.29 is 13.2 Å². The average molecular weight is 463 g/mol. The maximum atomic E-state index is 11.8. The fourth-order valence-corrected chi connectivity index (χ4v) is 5.10. The summed E-state index contributed by atoms with van der Waals surface area (Å²) in [7, 11) is -3.26. The van der Waals surface area contributed by atoms with Crippen LogP contribution in [0.25, 0.3) is 22.6 Å². The Bertz CT molecular complexity index is 1380. The van der Waals surface area contributed by atoms with Crippen molar-refractivity contribution in [3.05, 3.63) is 66.4 Å². The van der Waals surface area contributed by atoms with Crippen LogP contribution in [0.2, 0.25) is 0 Å². The molecular formula is C25H26N4O3S. The third-order valence-electron chi connectivity index (χ3n) is 6.13. The Labute approximate surface area is 193 Å². The highest BCUT2D eigenvalue weighted by molar-refractivity contribution is 7.90. The summed E-state index contributed by atoms with van der Waals surface area (Å²) >= 11 is 0. The molecule has 1 fully saturated rings. The molecule has 1 N–H and O–H groups in total. The van der Waals surface area contributed by atoms with Gasteiger partial charge in [-0.1, -0.05) is 13.0 Å². The third-order valence-corrected chi connectivity index (χ3v) is 7.26. The van der Waals surface area contributed by atoms with Crippen LogP contribution in [0, 0.1) is 0 Å². The minimum atomic E-state index is -3.26. The number of hydrogen-bond donors (Lipinski definition) is 1. The van der Waals surface area contributed by atoms with E-state index in [1.807, 2.05) is 24.3 Å². The summed E-state index contributed by atoms with van der Waals surface area (Å²) in [4.78, 5) is 15.3. The Balaban J connectivity index is 1.58. The third kappa shape index (κ3) is 4.36. The fraction of sp³-hybridized carbons (Fsp3) is 0.280. The van der Waals surface area contributed by atoms with E-state index in [0.717, 1.165) is 54.0 Å². The standard InChI is InChI=1S/C25H26N4O3S/c1-3-29-14-6-8-23(29)19-15-21-22(28-25(27-21)20-7-4-5-13-26-20)16-24(19)32-17-9-11-18(12-10-17)33(2,30)31/h4-5,7,9-13,15-16,23H,3,6,8,14H2,1-2H3,(H,27,28). The Hall–Kier alpha value is -3.23. The van der Waals surface area contributed by atoms with E-state index < -0.39 is 9.84 Å². The number of aromatic amines is 1. The number of nitrogens with one attached hydrogen (secondary N) is 1. The number of H-pyrrole nitrogens is 1. The number of benzene rings is 2. The molecule has 0 amide bonds. The van der Waals surface area contributed by atoms with Gasteiger partial charge in [0.1, 0.15) is 17.2 Å². The van der Waals surface area contributed by atoms with Crippen molar-refractivity contribution in [2.24, 2.45) is 0 Å². The van der Waals surface area contributed by atoms with E-state index in [9.17, 15) is 8.42 Å². The summed E-state index contributed by atoms with van der Waals surface area (Å²) in [5, 5.41) is 0. The van der Waals surface area contributed by atoms with E-state index in [1.165, 1.54) is 6.26 Å². The highest BCUT2D eigenvalue weighted by Gasteiger charge is 2.28. The zero-order valence-electron chi connectivity index (χ0n) is 18.7. The Morgan fingerprint density at radius 2 is 1.97 bits per heavy atom. The second kappa shape index (κ2) is 8.61. The lowest BCUT2D eigenvalue weighted by atomic mass is 10.0. The number of pyridine rings is 1. The number of fused-ring (bicyclic) bond motifs is 1.